The van der Waals surface area contributed by atoms with Crippen LogP contribution in [0.3, 0.4) is 0 Å². The Kier molecular flexibility index (Phi) is 19.3. The van der Waals surface area contributed by atoms with Crippen LogP contribution >= 0.6 is 0 Å². The van der Waals surface area contributed by atoms with Crippen molar-refractivity contribution < 1.29 is 24.0 Å². The zero-order chi connectivity index (χ0) is 38.0. The van der Waals surface area contributed by atoms with E-state index in [1.54, 1.807) is 27.7 Å². The minimum atomic E-state index is -1.06. The molecule has 0 saturated carbocycles. The molecule has 0 bridgehead atoms. The Bertz CT molecular complexity index is 1260. The van der Waals surface area contributed by atoms with Crippen molar-refractivity contribution in [1.29, 1.82) is 0 Å². The summed E-state index contributed by atoms with van der Waals surface area (Å²) in [5, 5.41) is 11.5. The number of carbonyl (C=O) groups excluding carboxylic acids is 5. The predicted octanol–water partition coefficient (Wildman–Crippen LogP) is 2.30. The third-order valence-electron chi connectivity index (χ3n) is 8.85. The first-order valence-corrected chi connectivity index (χ1v) is 18.0. The summed E-state index contributed by atoms with van der Waals surface area (Å²) >= 11 is 0. The maximum absolute atomic E-state index is 14.1. The maximum atomic E-state index is 14.1. The Balaban J connectivity index is 3.38. The van der Waals surface area contributed by atoms with Gasteiger partial charge in [-0.05, 0) is 55.5 Å². The molecule has 0 saturated heterocycles. The molecule has 0 aliphatic heterocycles. The number of carbonyl (C=O) groups is 5. The zero-order valence-corrected chi connectivity index (χ0v) is 31.5. The standard InChI is InChI=1S/C37H64N8O5/c1-9-25(6)30(45-34(49)29(44-32(47)24(4)5)22-37(7,8)18-14-19-38)35(50)43-28(21-26-15-11-10-12-16-26)33(48)42-27(31(46)23(2)3)17-13-20-41-36(39)40/h10-12,15-16,23-25,27-30H,9,13-14,17-22,38H2,1-8H3,(H,42,48)(H,43,50)(H,44,47)(H,45,49)(H4,39,40,41). The van der Waals surface area contributed by atoms with E-state index in [0.717, 1.165) is 18.4 Å². The van der Waals surface area contributed by atoms with Crippen molar-refractivity contribution in [3.63, 3.8) is 0 Å². The molecule has 13 nitrogen and oxygen atoms in total. The van der Waals surface area contributed by atoms with Crippen LogP contribution < -0.4 is 38.5 Å². The summed E-state index contributed by atoms with van der Waals surface area (Å²) in [7, 11) is 0. The highest BCUT2D eigenvalue weighted by Gasteiger charge is 2.35. The van der Waals surface area contributed by atoms with Gasteiger partial charge in [0, 0.05) is 24.8 Å². The number of benzene rings is 1. The molecule has 1 rings (SSSR count). The highest BCUT2D eigenvalue weighted by Crippen LogP contribution is 2.28. The zero-order valence-electron chi connectivity index (χ0n) is 31.5. The molecule has 5 unspecified atom stereocenters. The van der Waals surface area contributed by atoms with E-state index in [2.05, 4.69) is 26.3 Å². The van der Waals surface area contributed by atoms with E-state index in [4.69, 9.17) is 17.2 Å². The summed E-state index contributed by atoms with van der Waals surface area (Å²) in [5.74, 6) is -3.03. The van der Waals surface area contributed by atoms with E-state index in [0.29, 0.717) is 38.8 Å². The SMILES string of the molecule is CCC(C)C(NC(=O)C(CC(C)(C)CCCN)NC(=O)C(C)C)C(=O)NC(Cc1ccccc1)C(=O)NC(CCCN=C(N)N)C(=O)C(C)C. The Hall–Kier alpha value is -4.00. The van der Waals surface area contributed by atoms with E-state index in [1.807, 2.05) is 58.0 Å². The molecule has 0 aliphatic rings. The van der Waals surface area contributed by atoms with Gasteiger partial charge in [0.2, 0.25) is 23.6 Å². The number of Topliss-reactive ketones (excluding diaryl/α,β-unsaturated/α-hetero) is 1. The number of hydrogen-bond donors (Lipinski definition) is 7. The lowest BCUT2D eigenvalue weighted by Gasteiger charge is -2.32. The molecule has 4 amide bonds. The van der Waals surface area contributed by atoms with Crippen molar-refractivity contribution in [2.24, 2.45) is 45.4 Å². The first-order chi connectivity index (χ1) is 23.4. The van der Waals surface area contributed by atoms with Crippen LogP contribution in [0.15, 0.2) is 35.3 Å². The molecule has 10 N–H and O–H groups in total. The molecule has 0 spiro atoms. The van der Waals surface area contributed by atoms with Gasteiger partial charge >= 0.3 is 0 Å². The lowest BCUT2D eigenvalue weighted by Crippen LogP contribution is -2.60. The monoisotopic (exact) mass is 700 g/mol. The number of rotatable bonds is 23. The summed E-state index contributed by atoms with van der Waals surface area (Å²) in [5.41, 5.74) is 17.1. The lowest BCUT2D eigenvalue weighted by molar-refractivity contribution is -0.136. The van der Waals surface area contributed by atoms with Gasteiger partial charge in [0.05, 0.1) is 6.04 Å². The van der Waals surface area contributed by atoms with Gasteiger partial charge < -0.3 is 38.5 Å². The minimum Gasteiger partial charge on any atom is -0.370 e. The number of nitrogens with two attached hydrogens (primary N) is 3. The Morgan fingerprint density at radius 2 is 1.34 bits per heavy atom. The smallest absolute Gasteiger partial charge is 0.243 e. The third-order valence-corrected chi connectivity index (χ3v) is 8.85. The van der Waals surface area contributed by atoms with Crippen LogP contribution in [0.5, 0.6) is 0 Å². The molecule has 13 heteroatoms. The number of nitrogens with zero attached hydrogens (tertiary/aromatic N) is 1. The quantitative estimate of drug-likeness (QED) is 0.0508. The van der Waals surface area contributed by atoms with Gasteiger partial charge in [0.15, 0.2) is 11.7 Å². The molecule has 0 aliphatic carbocycles. The van der Waals surface area contributed by atoms with Crippen LogP contribution in [-0.4, -0.2) is 72.6 Å². The summed E-state index contributed by atoms with van der Waals surface area (Å²) in [6.07, 6.45) is 3.34. The molecular weight excluding hydrogens is 636 g/mol. The maximum Gasteiger partial charge on any atom is 0.243 e. The van der Waals surface area contributed by atoms with Gasteiger partial charge in [-0.3, -0.25) is 29.0 Å². The molecule has 0 radical (unpaired) electrons. The molecular formula is C37H64N8O5. The van der Waals surface area contributed by atoms with Crippen LogP contribution in [0, 0.1) is 23.2 Å². The highest BCUT2D eigenvalue weighted by molar-refractivity contribution is 5.96. The number of nitrogens with one attached hydrogen (secondary N) is 4. The second-order valence-corrected chi connectivity index (χ2v) is 14.7. The van der Waals surface area contributed by atoms with Gasteiger partial charge in [-0.2, -0.15) is 0 Å². The molecule has 0 heterocycles. The van der Waals surface area contributed by atoms with Gasteiger partial charge in [0.25, 0.3) is 0 Å². The van der Waals surface area contributed by atoms with E-state index in [-0.39, 0.29) is 47.2 Å². The normalized spacial score (nSPS) is 14.5. The van der Waals surface area contributed by atoms with E-state index < -0.39 is 41.9 Å². The number of ketones is 1. The first kappa shape index (κ1) is 44.0. The highest BCUT2D eigenvalue weighted by atomic mass is 16.2. The molecule has 1 aromatic carbocycles. The Morgan fingerprint density at radius 3 is 1.88 bits per heavy atom. The van der Waals surface area contributed by atoms with E-state index in [1.165, 1.54) is 0 Å². The third kappa shape index (κ3) is 16.1. The van der Waals surface area contributed by atoms with Crippen LogP contribution in [0.4, 0.5) is 0 Å². The fraction of sp³-hybridized carbons (Fsp3) is 0.676. The molecule has 5 atom stereocenters. The fourth-order valence-electron chi connectivity index (χ4n) is 5.52. The van der Waals surface area contributed by atoms with Gasteiger partial charge in [-0.1, -0.05) is 92.1 Å². The molecule has 1 aromatic rings. The Morgan fingerprint density at radius 1 is 0.760 bits per heavy atom. The van der Waals surface area contributed by atoms with Crippen molar-refractivity contribution in [2.75, 3.05) is 13.1 Å². The predicted molar refractivity (Wildman–Crippen MR) is 199 cm³/mol. The number of amides is 4. The minimum absolute atomic E-state index is 0.0571. The van der Waals surface area contributed by atoms with Gasteiger partial charge in [0.1, 0.15) is 18.1 Å². The summed E-state index contributed by atoms with van der Waals surface area (Å²) in [4.78, 5) is 71.7. The molecule has 282 valence electrons. The number of aliphatic imine (C=N–C) groups is 1. The van der Waals surface area contributed by atoms with Crippen LogP contribution in [0.25, 0.3) is 0 Å². The molecule has 0 fully saturated rings. The van der Waals surface area contributed by atoms with Crippen molar-refractivity contribution in [2.45, 2.75) is 125 Å². The summed E-state index contributed by atoms with van der Waals surface area (Å²) in [6, 6.07) is 5.46. The van der Waals surface area contributed by atoms with Crippen molar-refractivity contribution >= 4 is 35.4 Å². The van der Waals surface area contributed by atoms with Crippen molar-refractivity contribution in [3.8, 4) is 0 Å². The van der Waals surface area contributed by atoms with Crippen LogP contribution in [0.2, 0.25) is 0 Å². The van der Waals surface area contributed by atoms with Crippen molar-refractivity contribution in [3.05, 3.63) is 35.9 Å². The molecule has 0 aromatic heterocycles. The Labute approximate surface area is 299 Å². The summed E-state index contributed by atoms with van der Waals surface area (Å²) in [6.45, 7) is 15.6. The van der Waals surface area contributed by atoms with Crippen LogP contribution in [-0.2, 0) is 30.4 Å². The van der Waals surface area contributed by atoms with Gasteiger partial charge in [-0.15, -0.1) is 0 Å². The lowest BCUT2D eigenvalue weighted by atomic mass is 9.81. The molecule has 50 heavy (non-hydrogen) atoms. The summed E-state index contributed by atoms with van der Waals surface area (Å²) < 4.78 is 0. The fourth-order valence-corrected chi connectivity index (χ4v) is 5.52. The van der Waals surface area contributed by atoms with E-state index >= 15 is 0 Å². The topological polar surface area (TPSA) is 224 Å². The van der Waals surface area contributed by atoms with E-state index in [9.17, 15) is 24.0 Å². The number of guanidine groups is 1. The van der Waals surface area contributed by atoms with Crippen molar-refractivity contribution in [1.82, 2.24) is 21.3 Å². The average Bonchev–Trinajstić information content (AvgIpc) is 3.06. The second-order valence-electron chi connectivity index (χ2n) is 14.7. The van der Waals surface area contributed by atoms with Crippen LogP contribution in [0.1, 0.15) is 99.5 Å². The second kappa shape index (κ2) is 22.0. The van der Waals surface area contributed by atoms with Gasteiger partial charge in [-0.25, -0.2) is 0 Å². The number of hydrogen-bond acceptors (Lipinski definition) is 7. The largest absolute Gasteiger partial charge is 0.370 e. The average molecular weight is 701 g/mol. The first-order valence-electron chi connectivity index (χ1n) is 18.0.